The maximum atomic E-state index is 12.9. The fourth-order valence-electron chi connectivity index (χ4n) is 2.57. The largest absolute Gasteiger partial charge is 0.366 e. The number of carbonyl (C=O) groups excluding carboxylic acids is 1. The van der Waals surface area contributed by atoms with Crippen LogP contribution < -0.4 is 10.2 Å². The summed E-state index contributed by atoms with van der Waals surface area (Å²) in [7, 11) is 0. The van der Waals surface area contributed by atoms with Gasteiger partial charge in [0.05, 0.1) is 13.2 Å². The van der Waals surface area contributed by atoms with Crippen LogP contribution in [0, 0.1) is 0 Å². The quantitative estimate of drug-likeness (QED) is 0.940. The fourth-order valence-corrected chi connectivity index (χ4v) is 2.57. The average molecular weight is 296 g/mol. The molecule has 0 saturated carbocycles. The van der Waals surface area contributed by atoms with E-state index in [-0.39, 0.29) is 5.91 Å². The highest BCUT2D eigenvalue weighted by atomic mass is 16.5. The van der Waals surface area contributed by atoms with Crippen molar-refractivity contribution in [1.82, 2.24) is 5.32 Å². The molecule has 1 aliphatic heterocycles. The Bertz CT molecular complexity index is 595. The third kappa shape index (κ3) is 3.53. The van der Waals surface area contributed by atoms with Crippen molar-refractivity contribution < 1.29 is 9.53 Å². The molecule has 1 unspecified atom stereocenters. The van der Waals surface area contributed by atoms with Crippen LogP contribution in [0.25, 0.3) is 0 Å². The zero-order chi connectivity index (χ0) is 15.2. The van der Waals surface area contributed by atoms with Crippen molar-refractivity contribution in [3.05, 3.63) is 66.2 Å². The van der Waals surface area contributed by atoms with Crippen LogP contribution in [-0.2, 0) is 16.1 Å². The Morgan fingerprint density at radius 1 is 1.09 bits per heavy atom. The van der Waals surface area contributed by atoms with Gasteiger partial charge < -0.3 is 15.0 Å². The van der Waals surface area contributed by atoms with Crippen molar-refractivity contribution in [3.63, 3.8) is 0 Å². The van der Waals surface area contributed by atoms with E-state index in [1.54, 1.807) is 4.90 Å². The molecule has 2 aromatic rings. The van der Waals surface area contributed by atoms with Gasteiger partial charge in [0, 0.05) is 18.8 Å². The van der Waals surface area contributed by atoms with Crippen LogP contribution in [0.15, 0.2) is 60.7 Å². The number of para-hydroxylation sites is 1. The third-order valence-electron chi connectivity index (χ3n) is 3.72. The van der Waals surface area contributed by atoms with Gasteiger partial charge in [-0.05, 0) is 17.7 Å². The Labute approximate surface area is 130 Å². The summed E-state index contributed by atoms with van der Waals surface area (Å²) in [5, 5.41) is 3.21. The van der Waals surface area contributed by atoms with Crippen LogP contribution in [0.5, 0.6) is 0 Å². The summed E-state index contributed by atoms with van der Waals surface area (Å²) in [5.74, 6) is 0.00209. The summed E-state index contributed by atoms with van der Waals surface area (Å²) in [6.45, 7) is 2.48. The number of anilines is 1. The number of morpholine rings is 1. The van der Waals surface area contributed by atoms with Gasteiger partial charge in [-0.2, -0.15) is 0 Å². The molecule has 3 rings (SSSR count). The highest BCUT2D eigenvalue weighted by molar-refractivity contribution is 5.96. The lowest BCUT2D eigenvalue weighted by atomic mass is 10.1. The van der Waals surface area contributed by atoms with Gasteiger partial charge in [0.1, 0.15) is 6.10 Å². The molecule has 1 saturated heterocycles. The second-order valence-corrected chi connectivity index (χ2v) is 5.31. The molecule has 0 aliphatic carbocycles. The third-order valence-corrected chi connectivity index (χ3v) is 3.72. The summed E-state index contributed by atoms with van der Waals surface area (Å²) in [6.07, 6.45) is -0.419. The highest BCUT2D eigenvalue weighted by Gasteiger charge is 2.27. The predicted molar refractivity (Wildman–Crippen MR) is 86.7 cm³/mol. The molecule has 0 aromatic heterocycles. The molecule has 22 heavy (non-hydrogen) atoms. The molecular formula is C18H20N2O2. The maximum absolute atomic E-state index is 12.9. The molecule has 1 heterocycles. The van der Waals surface area contributed by atoms with Crippen LogP contribution in [0.2, 0.25) is 0 Å². The molecule has 1 aliphatic rings. The van der Waals surface area contributed by atoms with Crippen LogP contribution in [0.3, 0.4) is 0 Å². The molecule has 1 amide bonds. The van der Waals surface area contributed by atoms with Crippen LogP contribution in [-0.4, -0.2) is 31.7 Å². The molecule has 4 nitrogen and oxygen atoms in total. The van der Waals surface area contributed by atoms with E-state index in [2.05, 4.69) is 5.32 Å². The minimum atomic E-state index is -0.419. The Morgan fingerprint density at radius 3 is 2.41 bits per heavy atom. The lowest BCUT2D eigenvalue weighted by Crippen LogP contribution is -2.49. The minimum absolute atomic E-state index is 0.00209. The molecular weight excluding hydrogens is 276 g/mol. The van der Waals surface area contributed by atoms with Crippen LogP contribution >= 0.6 is 0 Å². The van der Waals surface area contributed by atoms with Crippen molar-refractivity contribution >= 4 is 11.6 Å². The van der Waals surface area contributed by atoms with Crippen molar-refractivity contribution in [1.29, 1.82) is 0 Å². The highest BCUT2D eigenvalue weighted by Crippen LogP contribution is 2.19. The van der Waals surface area contributed by atoms with Crippen molar-refractivity contribution in [2.24, 2.45) is 0 Å². The fraction of sp³-hybridized carbons (Fsp3) is 0.278. The maximum Gasteiger partial charge on any atom is 0.257 e. The lowest BCUT2D eigenvalue weighted by Gasteiger charge is -2.30. The minimum Gasteiger partial charge on any atom is -0.366 e. The normalized spacial score (nSPS) is 17.9. The number of nitrogens with zero attached hydrogens (tertiary/aromatic N) is 1. The molecule has 1 atom stereocenters. The second-order valence-electron chi connectivity index (χ2n) is 5.31. The summed E-state index contributed by atoms with van der Waals surface area (Å²) in [6, 6.07) is 19.8. The molecule has 0 bridgehead atoms. The SMILES string of the molecule is O=C(C1CNCCO1)N(Cc1ccccc1)c1ccccc1. The van der Waals surface area contributed by atoms with E-state index >= 15 is 0 Å². The van der Waals surface area contributed by atoms with Gasteiger partial charge >= 0.3 is 0 Å². The molecule has 0 radical (unpaired) electrons. The first kappa shape index (κ1) is 14.8. The van der Waals surface area contributed by atoms with Crippen molar-refractivity contribution in [2.75, 3.05) is 24.6 Å². The molecule has 4 heteroatoms. The summed E-state index contributed by atoms with van der Waals surface area (Å²) >= 11 is 0. The number of hydrogen-bond donors (Lipinski definition) is 1. The number of rotatable bonds is 4. The summed E-state index contributed by atoms with van der Waals surface area (Å²) in [5.41, 5.74) is 1.99. The molecule has 2 aromatic carbocycles. The van der Waals surface area contributed by atoms with Gasteiger partial charge in [-0.1, -0.05) is 48.5 Å². The van der Waals surface area contributed by atoms with E-state index < -0.39 is 6.10 Å². The van der Waals surface area contributed by atoms with Crippen LogP contribution in [0.4, 0.5) is 5.69 Å². The number of amides is 1. The van der Waals surface area contributed by atoms with E-state index in [0.717, 1.165) is 17.8 Å². The number of hydrogen-bond acceptors (Lipinski definition) is 3. The molecule has 1 fully saturated rings. The van der Waals surface area contributed by atoms with E-state index in [0.29, 0.717) is 19.7 Å². The molecule has 114 valence electrons. The zero-order valence-electron chi connectivity index (χ0n) is 12.4. The van der Waals surface area contributed by atoms with Gasteiger partial charge in [0.15, 0.2) is 0 Å². The Hall–Kier alpha value is -2.17. The summed E-state index contributed by atoms with van der Waals surface area (Å²) < 4.78 is 5.63. The second kappa shape index (κ2) is 7.20. The Balaban J connectivity index is 1.84. The van der Waals surface area contributed by atoms with Crippen molar-refractivity contribution in [2.45, 2.75) is 12.6 Å². The number of ether oxygens (including phenoxy) is 1. The van der Waals surface area contributed by atoms with Gasteiger partial charge in [-0.3, -0.25) is 4.79 Å². The van der Waals surface area contributed by atoms with Crippen LogP contribution in [0.1, 0.15) is 5.56 Å². The first-order valence-electron chi connectivity index (χ1n) is 7.57. The molecule has 0 spiro atoms. The van der Waals surface area contributed by atoms with E-state index in [1.165, 1.54) is 0 Å². The Kier molecular flexibility index (Phi) is 4.83. The first-order valence-corrected chi connectivity index (χ1v) is 7.57. The lowest BCUT2D eigenvalue weighted by molar-refractivity contribution is -0.131. The van der Waals surface area contributed by atoms with E-state index in [9.17, 15) is 4.79 Å². The Morgan fingerprint density at radius 2 is 1.77 bits per heavy atom. The predicted octanol–water partition coefficient (Wildman–Crippen LogP) is 2.21. The molecule has 1 N–H and O–H groups in total. The monoisotopic (exact) mass is 296 g/mol. The zero-order valence-corrected chi connectivity index (χ0v) is 12.4. The first-order chi connectivity index (χ1) is 10.8. The number of benzene rings is 2. The number of nitrogens with one attached hydrogen (secondary N) is 1. The van der Waals surface area contributed by atoms with Gasteiger partial charge in [0.25, 0.3) is 5.91 Å². The smallest absolute Gasteiger partial charge is 0.257 e. The number of carbonyl (C=O) groups is 1. The van der Waals surface area contributed by atoms with E-state index in [4.69, 9.17) is 4.74 Å². The van der Waals surface area contributed by atoms with Crippen molar-refractivity contribution in [3.8, 4) is 0 Å². The van der Waals surface area contributed by atoms with E-state index in [1.807, 2.05) is 60.7 Å². The van der Waals surface area contributed by atoms with Gasteiger partial charge in [-0.15, -0.1) is 0 Å². The average Bonchev–Trinajstić information content (AvgIpc) is 2.61. The topological polar surface area (TPSA) is 41.6 Å². The summed E-state index contributed by atoms with van der Waals surface area (Å²) in [4.78, 5) is 14.7. The standard InChI is InChI=1S/C18H20N2O2/c21-18(17-13-19-11-12-22-17)20(16-9-5-2-6-10-16)14-15-7-3-1-4-8-15/h1-10,17,19H,11-14H2. The van der Waals surface area contributed by atoms with Gasteiger partial charge in [0.2, 0.25) is 0 Å². The van der Waals surface area contributed by atoms with Gasteiger partial charge in [-0.25, -0.2) is 0 Å².